The topological polar surface area (TPSA) is 116 Å². The molecule has 4 N–H and O–H groups in total. The SMILES string of the molecule is NC[C@H]1CN(c2ccc(N3CCNN(C(=O)Nc4ccncc4)CC3)c(F)c2)C(=O)O1. The van der Waals surface area contributed by atoms with Crippen LogP contribution in [0.15, 0.2) is 42.7 Å². The van der Waals surface area contributed by atoms with Gasteiger partial charge in [0.1, 0.15) is 11.9 Å². The smallest absolute Gasteiger partial charge is 0.414 e. The molecule has 2 aromatic rings. The van der Waals surface area contributed by atoms with Gasteiger partial charge >= 0.3 is 12.1 Å². The lowest BCUT2D eigenvalue weighted by Crippen LogP contribution is -2.46. The minimum atomic E-state index is -0.530. The second-order valence-electron chi connectivity index (χ2n) is 7.20. The number of halogens is 1. The molecular formula is C20H24FN7O3. The van der Waals surface area contributed by atoms with E-state index in [-0.39, 0.29) is 12.6 Å². The van der Waals surface area contributed by atoms with Crippen molar-refractivity contribution in [3.05, 3.63) is 48.5 Å². The average Bonchev–Trinajstić information content (AvgIpc) is 2.99. The molecule has 2 fully saturated rings. The van der Waals surface area contributed by atoms with Gasteiger partial charge in [0.2, 0.25) is 0 Å². The van der Waals surface area contributed by atoms with E-state index in [1.807, 2.05) is 4.90 Å². The molecule has 2 aliphatic rings. The van der Waals surface area contributed by atoms with E-state index in [2.05, 4.69) is 15.7 Å². The Labute approximate surface area is 178 Å². The van der Waals surface area contributed by atoms with Crippen molar-refractivity contribution < 1.29 is 18.7 Å². The van der Waals surface area contributed by atoms with Crippen LogP contribution in [0.2, 0.25) is 0 Å². The van der Waals surface area contributed by atoms with Gasteiger partial charge in [0.15, 0.2) is 0 Å². The molecule has 164 valence electrons. The Balaban J connectivity index is 1.40. The Hall–Kier alpha value is -3.44. The molecule has 2 aliphatic heterocycles. The van der Waals surface area contributed by atoms with Gasteiger partial charge in [-0.05, 0) is 30.3 Å². The minimum Gasteiger partial charge on any atom is -0.443 e. The molecule has 0 unspecified atom stereocenters. The zero-order chi connectivity index (χ0) is 21.8. The molecule has 0 radical (unpaired) electrons. The number of rotatable bonds is 4. The third kappa shape index (κ3) is 4.67. The fourth-order valence-electron chi connectivity index (χ4n) is 3.55. The summed E-state index contributed by atoms with van der Waals surface area (Å²) < 4.78 is 20.0. The van der Waals surface area contributed by atoms with E-state index in [0.29, 0.717) is 49.8 Å². The van der Waals surface area contributed by atoms with Crippen molar-refractivity contribution in [3.63, 3.8) is 0 Å². The Morgan fingerprint density at radius 1 is 1.26 bits per heavy atom. The van der Waals surface area contributed by atoms with Gasteiger partial charge in [-0.15, -0.1) is 0 Å². The first-order valence-corrected chi connectivity index (χ1v) is 10.00. The van der Waals surface area contributed by atoms with Crippen molar-refractivity contribution in [2.24, 2.45) is 5.73 Å². The van der Waals surface area contributed by atoms with E-state index in [0.717, 1.165) is 0 Å². The zero-order valence-corrected chi connectivity index (χ0v) is 16.8. The Morgan fingerprint density at radius 2 is 2.06 bits per heavy atom. The maximum atomic E-state index is 14.9. The van der Waals surface area contributed by atoms with Crippen molar-refractivity contribution >= 4 is 29.2 Å². The highest BCUT2D eigenvalue weighted by molar-refractivity contribution is 5.90. The molecule has 3 heterocycles. The van der Waals surface area contributed by atoms with Gasteiger partial charge in [0, 0.05) is 44.3 Å². The summed E-state index contributed by atoms with van der Waals surface area (Å²) in [4.78, 5) is 31.6. The average molecular weight is 429 g/mol. The van der Waals surface area contributed by atoms with Crippen molar-refractivity contribution in [1.82, 2.24) is 15.4 Å². The van der Waals surface area contributed by atoms with Crippen LogP contribution in [-0.2, 0) is 4.74 Å². The molecule has 31 heavy (non-hydrogen) atoms. The number of nitrogens with one attached hydrogen (secondary N) is 2. The predicted octanol–water partition coefficient (Wildman–Crippen LogP) is 1.36. The quantitative estimate of drug-likeness (QED) is 0.672. The van der Waals surface area contributed by atoms with Crippen LogP contribution in [0.5, 0.6) is 0 Å². The van der Waals surface area contributed by atoms with Gasteiger partial charge in [-0.2, -0.15) is 0 Å². The Morgan fingerprint density at radius 3 is 2.77 bits per heavy atom. The number of urea groups is 1. The van der Waals surface area contributed by atoms with Crippen LogP contribution in [-0.4, -0.2) is 67.5 Å². The Bertz CT molecular complexity index is 946. The second kappa shape index (κ2) is 9.14. The van der Waals surface area contributed by atoms with Crippen LogP contribution in [0.4, 0.5) is 31.0 Å². The third-order valence-electron chi connectivity index (χ3n) is 5.18. The van der Waals surface area contributed by atoms with Gasteiger partial charge in [-0.25, -0.2) is 19.4 Å². The van der Waals surface area contributed by atoms with E-state index in [1.54, 1.807) is 36.7 Å². The van der Waals surface area contributed by atoms with Gasteiger partial charge < -0.3 is 20.7 Å². The van der Waals surface area contributed by atoms with E-state index < -0.39 is 18.0 Å². The highest BCUT2D eigenvalue weighted by Crippen LogP contribution is 2.28. The molecule has 11 heteroatoms. The van der Waals surface area contributed by atoms with Crippen molar-refractivity contribution in [3.8, 4) is 0 Å². The maximum Gasteiger partial charge on any atom is 0.414 e. The van der Waals surface area contributed by atoms with Crippen molar-refractivity contribution in [2.75, 3.05) is 54.4 Å². The normalized spacial score (nSPS) is 19.2. The fraction of sp³-hybridized carbons (Fsp3) is 0.350. The number of carbonyl (C=O) groups is 2. The number of amides is 3. The predicted molar refractivity (Wildman–Crippen MR) is 113 cm³/mol. The molecule has 10 nitrogen and oxygen atoms in total. The van der Waals surface area contributed by atoms with E-state index >= 15 is 0 Å². The maximum absolute atomic E-state index is 14.9. The number of nitrogens with zero attached hydrogens (tertiary/aromatic N) is 4. The first kappa shape index (κ1) is 20.8. The molecule has 0 saturated carbocycles. The first-order chi connectivity index (χ1) is 15.0. The van der Waals surface area contributed by atoms with E-state index in [9.17, 15) is 14.0 Å². The monoisotopic (exact) mass is 429 g/mol. The summed E-state index contributed by atoms with van der Waals surface area (Å²) in [6.07, 6.45) is 2.27. The van der Waals surface area contributed by atoms with Gasteiger partial charge in [0.05, 0.1) is 24.5 Å². The zero-order valence-electron chi connectivity index (χ0n) is 16.8. The van der Waals surface area contributed by atoms with Gasteiger partial charge in [-0.1, -0.05) is 0 Å². The lowest BCUT2D eigenvalue weighted by molar-refractivity contribution is 0.145. The molecule has 0 spiro atoms. The van der Waals surface area contributed by atoms with Crippen LogP contribution in [0.1, 0.15) is 0 Å². The fourth-order valence-corrected chi connectivity index (χ4v) is 3.55. The van der Waals surface area contributed by atoms with Crippen LogP contribution in [0.25, 0.3) is 0 Å². The summed E-state index contributed by atoms with van der Waals surface area (Å²) in [7, 11) is 0. The summed E-state index contributed by atoms with van der Waals surface area (Å²) in [5, 5.41) is 4.26. The standard InChI is InChI=1S/C20H24FN7O3/c21-17-11-15(27-13-16(12-22)31-20(27)30)1-2-18(17)26-8-7-24-28(10-9-26)19(29)25-14-3-5-23-6-4-14/h1-6,11,16,24H,7-10,12-13,22H2,(H,23,25,29)/t16-/m0/s1. The molecular weight excluding hydrogens is 405 g/mol. The summed E-state index contributed by atoms with van der Waals surface area (Å²) in [5.41, 5.74) is 10.1. The molecule has 1 aromatic carbocycles. The van der Waals surface area contributed by atoms with Crippen LogP contribution in [0.3, 0.4) is 0 Å². The highest BCUT2D eigenvalue weighted by Gasteiger charge is 2.32. The number of hydrogen-bond donors (Lipinski definition) is 3. The number of pyridine rings is 1. The molecule has 0 aliphatic carbocycles. The molecule has 0 bridgehead atoms. The lowest BCUT2D eigenvalue weighted by Gasteiger charge is -2.24. The molecule has 1 aromatic heterocycles. The summed E-state index contributed by atoms with van der Waals surface area (Å²) in [6.45, 7) is 2.28. The van der Waals surface area contributed by atoms with Crippen molar-refractivity contribution in [1.29, 1.82) is 0 Å². The van der Waals surface area contributed by atoms with Gasteiger partial charge in [-0.3, -0.25) is 14.9 Å². The number of aromatic nitrogens is 1. The van der Waals surface area contributed by atoms with Gasteiger partial charge in [0.25, 0.3) is 0 Å². The Kier molecular flexibility index (Phi) is 6.14. The largest absolute Gasteiger partial charge is 0.443 e. The molecule has 2 saturated heterocycles. The van der Waals surface area contributed by atoms with Crippen LogP contribution < -0.4 is 26.3 Å². The van der Waals surface area contributed by atoms with E-state index in [1.165, 1.54) is 16.0 Å². The number of anilines is 3. The summed E-state index contributed by atoms with van der Waals surface area (Å²) in [6, 6.07) is 7.74. The van der Waals surface area contributed by atoms with Crippen LogP contribution >= 0.6 is 0 Å². The molecule has 4 rings (SSSR count). The number of hydrogen-bond acceptors (Lipinski definition) is 7. The number of nitrogens with two attached hydrogens (primary N) is 1. The number of hydrazine groups is 1. The summed E-state index contributed by atoms with van der Waals surface area (Å²) >= 11 is 0. The molecule has 1 atom stereocenters. The summed E-state index contributed by atoms with van der Waals surface area (Å²) in [5.74, 6) is -0.448. The lowest BCUT2D eigenvalue weighted by atomic mass is 10.2. The van der Waals surface area contributed by atoms with Crippen molar-refractivity contribution in [2.45, 2.75) is 6.10 Å². The molecule has 3 amide bonds. The number of cyclic esters (lactones) is 1. The minimum absolute atomic E-state index is 0.217. The van der Waals surface area contributed by atoms with E-state index in [4.69, 9.17) is 10.5 Å². The number of benzene rings is 1. The first-order valence-electron chi connectivity index (χ1n) is 10.00. The highest BCUT2D eigenvalue weighted by atomic mass is 19.1. The van der Waals surface area contributed by atoms with Crippen LogP contribution in [0, 0.1) is 5.82 Å². The second-order valence-corrected chi connectivity index (χ2v) is 7.20. The third-order valence-corrected chi connectivity index (χ3v) is 5.18. The number of ether oxygens (including phenoxy) is 1. The number of carbonyl (C=O) groups excluding carboxylic acids is 2.